The van der Waals surface area contributed by atoms with Crippen molar-refractivity contribution in [3.05, 3.63) is 78.4 Å². The second kappa shape index (κ2) is 9.81. The molecule has 0 bridgehead atoms. The van der Waals surface area contributed by atoms with Crippen LogP contribution in [0.2, 0.25) is 0 Å². The topological polar surface area (TPSA) is 60.9 Å². The standard InChI is InChI=1S/C25H29N3O3S/c1-26(32(30,31)24-12-11-22-9-5-6-10-23(22)19-24)20-25(29)28-17-15-27(16-18-28)14-13-21-7-3-2-4-8-21/h2-12,19H,13-18,20H2,1H3. The van der Waals surface area contributed by atoms with Crippen molar-refractivity contribution in [2.75, 3.05) is 46.3 Å². The number of rotatable bonds is 7. The number of hydrogen-bond donors (Lipinski definition) is 0. The Hall–Kier alpha value is -2.74. The molecule has 3 aromatic carbocycles. The summed E-state index contributed by atoms with van der Waals surface area (Å²) < 4.78 is 27.2. The van der Waals surface area contributed by atoms with Crippen molar-refractivity contribution in [3.8, 4) is 0 Å². The summed E-state index contributed by atoms with van der Waals surface area (Å²) >= 11 is 0. The van der Waals surface area contributed by atoms with Crippen molar-refractivity contribution < 1.29 is 13.2 Å². The quantitative estimate of drug-likeness (QED) is 0.554. The van der Waals surface area contributed by atoms with Crippen molar-refractivity contribution in [3.63, 3.8) is 0 Å². The number of benzene rings is 3. The van der Waals surface area contributed by atoms with E-state index < -0.39 is 10.0 Å². The maximum absolute atomic E-state index is 13.0. The van der Waals surface area contributed by atoms with E-state index in [0.717, 1.165) is 41.1 Å². The zero-order chi connectivity index (χ0) is 22.6. The van der Waals surface area contributed by atoms with Gasteiger partial charge in [0.25, 0.3) is 0 Å². The molecule has 6 nitrogen and oxygen atoms in total. The molecule has 168 valence electrons. The highest BCUT2D eigenvalue weighted by Gasteiger charge is 2.27. The van der Waals surface area contributed by atoms with Crippen LogP contribution in [0.3, 0.4) is 0 Å². The largest absolute Gasteiger partial charge is 0.339 e. The van der Waals surface area contributed by atoms with Crippen LogP contribution in [0.5, 0.6) is 0 Å². The summed E-state index contributed by atoms with van der Waals surface area (Å²) in [6, 6.07) is 23.1. The molecular weight excluding hydrogens is 422 g/mol. The van der Waals surface area contributed by atoms with Gasteiger partial charge in [0.15, 0.2) is 0 Å². The highest BCUT2D eigenvalue weighted by atomic mass is 32.2. The first-order valence-electron chi connectivity index (χ1n) is 10.9. The highest BCUT2D eigenvalue weighted by Crippen LogP contribution is 2.21. The predicted octanol–water partition coefficient (Wildman–Crippen LogP) is 2.85. The smallest absolute Gasteiger partial charge is 0.243 e. The molecule has 0 saturated carbocycles. The zero-order valence-electron chi connectivity index (χ0n) is 18.4. The summed E-state index contributed by atoms with van der Waals surface area (Å²) in [6.07, 6.45) is 0.988. The van der Waals surface area contributed by atoms with Crippen LogP contribution in [0.4, 0.5) is 0 Å². The van der Waals surface area contributed by atoms with Gasteiger partial charge < -0.3 is 4.90 Å². The molecule has 1 aliphatic heterocycles. The van der Waals surface area contributed by atoms with E-state index in [9.17, 15) is 13.2 Å². The van der Waals surface area contributed by atoms with E-state index in [1.807, 2.05) is 30.3 Å². The van der Waals surface area contributed by atoms with Crippen LogP contribution in [0, 0.1) is 0 Å². The number of carbonyl (C=O) groups excluding carboxylic acids is 1. The Bertz CT molecular complexity index is 1170. The van der Waals surface area contributed by atoms with Gasteiger partial charge in [0.1, 0.15) is 0 Å². The molecule has 0 radical (unpaired) electrons. The lowest BCUT2D eigenvalue weighted by Gasteiger charge is -2.35. The minimum absolute atomic E-state index is 0.153. The maximum atomic E-state index is 13.0. The van der Waals surface area contributed by atoms with Gasteiger partial charge in [-0.2, -0.15) is 4.31 Å². The van der Waals surface area contributed by atoms with Crippen LogP contribution in [-0.4, -0.2) is 74.7 Å². The van der Waals surface area contributed by atoms with E-state index in [1.54, 1.807) is 23.1 Å². The van der Waals surface area contributed by atoms with Gasteiger partial charge in [0.05, 0.1) is 11.4 Å². The molecule has 0 aliphatic carbocycles. The molecule has 0 unspecified atom stereocenters. The zero-order valence-corrected chi connectivity index (χ0v) is 19.2. The lowest BCUT2D eigenvalue weighted by molar-refractivity contribution is -0.132. The lowest BCUT2D eigenvalue weighted by atomic mass is 10.1. The lowest BCUT2D eigenvalue weighted by Crippen LogP contribution is -2.51. The Morgan fingerprint density at radius 1 is 0.875 bits per heavy atom. The normalized spacial score (nSPS) is 15.4. The Morgan fingerprint density at radius 3 is 2.25 bits per heavy atom. The molecule has 1 heterocycles. The molecule has 0 atom stereocenters. The van der Waals surface area contributed by atoms with E-state index in [1.165, 1.54) is 12.6 Å². The average Bonchev–Trinajstić information content (AvgIpc) is 2.83. The second-order valence-corrected chi connectivity index (χ2v) is 10.3. The van der Waals surface area contributed by atoms with Gasteiger partial charge in [0, 0.05) is 39.8 Å². The van der Waals surface area contributed by atoms with E-state index >= 15 is 0 Å². The number of fused-ring (bicyclic) bond motifs is 1. The van der Waals surface area contributed by atoms with Gasteiger partial charge in [-0.1, -0.05) is 60.7 Å². The molecule has 0 N–H and O–H groups in total. The van der Waals surface area contributed by atoms with Crippen molar-refractivity contribution in [2.24, 2.45) is 0 Å². The molecule has 3 aromatic rings. The summed E-state index contributed by atoms with van der Waals surface area (Å²) in [5.41, 5.74) is 1.31. The van der Waals surface area contributed by atoms with Gasteiger partial charge in [-0.15, -0.1) is 0 Å². The SMILES string of the molecule is CN(CC(=O)N1CCN(CCc2ccccc2)CC1)S(=O)(=O)c1ccc2ccccc2c1. The van der Waals surface area contributed by atoms with Crippen LogP contribution >= 0.6 is 0 Å². The summed E-state index contributed by atoms with van der Waals surface area (Å²) in [6.45, 7) is 3.66. The molecule has 32 heavy (non-hydrogen) atoms. The van der Waals surface area contributed by atoms with Gasteiger partial charge >= 0.3 is 0 Å². The fraction of sp³-hybridized carbons (Fsp3) is 0.320. The number of piperazine rings is 1. The molecule has 1 amide bonds. The Morgan fingerprint density at radius 2 is 1.53 bits per heavy atom. The third-order valence-electron chi connectivity index (χ3n) is 6.07. The summed E-state index contributed by atoms with van der Waals surface area (Å²) in [4.78, 5) is 17.1. The molecule has 1 aliphatic rings. The Balaban J connectivity index is 1.31. The summed E-state index contributed by atoms with van der Waals surface area (Å²) in [7, 11) is -2.27. The molecule has 4 rings (SSSR count). The first-order valence-corrected chi connectivity index (χ1v) is 12.4. The first kappa shape index (κ1) is 22.5. The molecular formula is C25H29N3O3S. The highest BCUT2D eigenvalue weighted by molar-refractivity contribution is 7.89. The average molecular weight is 452 g/mol. The van der Waals surface area contributed by atoms with Crippen LogP contribution < -0.4 is 0 Å². The van der Waals surface area contributed by atoms with E-state index in [-0.39, 0.29) is 17.3 Å². The number of hydrogen-bond acceptors (Lipinski definition) is 4. The minimum atomic E-state index is -3.74. The summed E-state index contributed by atoms with van der Waals surface area (Å²) in [5, 5.41) is 1.84. The monoisotopic (exact) mass is 451 g/mol. The molecule has 0 aromatic heterocycles. The van der Waals surface area contributed by atoms with Crippen LogP contribution in [0.25, 0.3) is 10.8 Å². The third kappa shape index (κ3) is 5.18. The van der Waals surface area contributed by atoms with Crippen molar-refractivity contribution in [1.29, 1.82) is 0 Å². The van der Waals surface area contributed by atoms with Crippen molar-refractivity contribution >= 4 is 26.7 Å². The first-order chi connectivity index (χ1) is 15.4. The van der Waals surface area contributed by atoms with Gasteiger partial charge in [0.2, 0.25) is 15.9 Å². The number of carbonyl (C=O) groups is 1. The van der Waals surface area contributed by atoms with E-state index in [4.69, 9.17) is 0 Å². The second-order valence-electron chi connectivity index (χ2n) is 8.23. The summed E-state index contributed by atoms with van der Waals surface area (Å²) in [5.74, 6) is -0.153. The van der Waals surface area contributed by atoms with Crippen molar-refractivity contribution in [2.45, 2.75) is 11.3 Å². The van der Waals surface area contributed by atoms with Crippen LogP contribution in [0.1, 0.15) is 5.56 Å². The number of sulfonamides is 1. The predicted molar refractivity (Wildman–Crippen MR) is 127 cm³/mol. The molecule has 7 heteroatoms. The van der Waals surface area contributed by atoms with Gasteiger partial charge in [-0.25, -0.2) is 8.42 Å². The number of likely N-dealkylation sites (N-methyl/N-ethyl adjacent to an activating group) is 1. The molecule has 1 saturated heterocycles. The molecule has 0 spiro atoms. The van der Waals surface area contributed by atoms with Crippen LogP contribution in [0.15, 0.2) is 77.7 Å². The van der Waals surface area contributed by atoms with Crippen LogP contribution in [-0.2, 0) is 21.2 Å². The maximum Gasteiger partial charge on any atom is 0.243 e. The third-order valence-corrected chi connectivity index (χ3v) is 7.87. The van der Waals surface area contributed by atoms with E-state index in [0.29, 0.717) is 13.1 Å². The fourth-order valence-electron chi connectivity index (χ4n) is 4.04. The van der Waals surface area contributed by atoms with Gasteiger partial charge in [-0.3, -0.25) is 9.69 Å². The van der Waals surface area contributed by atoms with Crippen molar-refractivity contribution in [1.82, 2.24) is 14.1 Å². The minimum Gasteiger partial charge on any atom is -0.339 e. The fourth-order valence-corrected chi connectivity index (χ4v) is 5.19. The van der Waals surface area contributed by atoms with Gasteiger partial charge in [-0.05, 0) is 34.9 Å². The number of amides is 1. The molecule has 1 fully saturated rings. The Labute approximate surface area is 190 Å². The number of nitrogens with zero attached hydrogens (tertiary/aromatic N) is 3. The Kier molecular flexibility index (Phi) is 6.89. The van der Waals surface area contributed by atoms with E-state index in [2.05, 4.69) is 29.2 Å².